The van der Waals surface area contributed by atoms with Crippen LogP contribution in [0, 0.1) is 0 Å². The van der Waals surface area contributed by atoms with Crippen molar-refractivity contribution >= 4 is 5.82 Å². The van der Waals surface area contributed by atoms with Gasteiger partial charge in [-0.2, -0.15) is 0 Å². The number of ether oxygens (including phenoxy) is 1. The van der Waals surface area contributed by atoms with Crippen LogP contribution in [0.2, 0.25) is 0 Å². The normalized spacial score (nSPS) is 22.6. The molecule has 0 bridgehead atoms. The van der Waals surface area contributed by atoms with E-state index in [1.54, 1.807) is 12.4 Å². The molecule has 0 amide bonds. The fraction of sp³-hybridized carbons (Fsp3) is 0.500. The van der Waals surface area contributed by atoms with Gasteiger partial charge >= 0.3 is 0 Å². The molecule has 0 spiro atoms. The van der Waals surface area contributed by atoms with Gasteiger partial charge in [0.1, 0.15) is 11.9 Å². The topological polar surface area (TPSA) is 83.4 Å². The van der Waals surface area contributed by atoms with Crippen LogP contribution in [0.5, 0.6) is 0 Å². The van der Waals surface area contributed by atoms with E-state index < -0.39 is 6.10 Å². The molecule has 25 heavy (non-hydrogen) atoms. The van der Waals surface area contributed by atoms with E-state index in [0.29, 0.717) is 18.9 Å². The Morgan fingerprint density at radius 2 is 2.00 bits per heavy atom. The molecule has 2 aliphatic heterocycles. The van der Waals surface area contributed by atoms with E-state index in [4.69, 9.17) is 14.7 Å². The molecular weight excluding hydrogens is 318 g/mol. The van der Waals surface area contributed by atoms with Crippen molar-refractivity contribution in [1.82, 2.24) is 20.3 Å². The zero-order valence-electron chi connectivity index (χ0n) is 14.5. The predicted octanol–water partition coefficient (Wildman–Crippen LogP) is 1.12. The largest absolute Gasteiger partial charge is 0.388 e. The van der Waals surface area contributed by atoms with Crippen LogP contribution >= 0.6 is 0 Å². The average Bonchev–Trinajstić information content (AvgIpc) is 3.21. The zero-order chi connectivity index (χ0) is 17.4. The third-order valence-electron chi connectivity index (χ3n) is 4.59. The summed E-state index contributed by atoms with van der Waals surface area (Å²) < 4.78 is 5.85. The molecule has 4 heterocycles. The molecule has 0 aromatic carbocycles. The molecule has 132 valence electrons. The third kappa shape index (κ3) is 3.22. The van der Waals surface area contributed by atoms with E-state index in [1.807, 2.05) is 26.0 Å². The lowest BCUT2D eigenvalue weighted by Crippen LogP contribution is -2.29. The van der Waals surface area contributed by atoms with Gasteiger partial charge in [-0.25, -0.2) is 9.97 Å². The van der Waals surface area contributed by atoms with Gasteiger partial charge in [0.25, 0.3) is 0 Å². The second kappa shape index (κ2) is 6.67. The molecule has 4 rings (SSSR count). The monoisotopic (exact) mass is 341 g/mol. The third-order valence-corrected chi connectivity index (χ3v) is 4.59. The van der Waals surface area contributed by atoms with E-state index in [-0.39, 0.29) is 12.2 Å². The Hall–Kier alpha value is -2.09. The molecule has 0 radical (unpaired) electrons. The Balaban J connectivity index is 1.69. The van der Waals surface area contributed by atoms with Crippen LogP contribution in [0.3, 0.4) is 0 Å². The van der Waals surface area contributed by atoms with Gasteiger partial charge < -0.3 is 20.1 Å². The number of aliphatic hydroxyl groups excluding tert-OH is 1. The molecule has 0 aliphatic carbocycles. The Labute approximate surface area is 147 Å². The zero-order valence-corrected chi connectivity index (χ0v) is 14.5. The summed E-state index contributed by atoms with van der Waals surface area (Å²) in [7, 11) is 0. The van der Waals surface area contributed by atoms with Gasteiger partial charge in [0.2, 0.25) is 0 Å². The van der Waals surface area contributed by atoms with Gasteiger partial charge in [-0.15, -0.1) is 0 Å². The van der Waals surface area contributed by atoms with Crippen molar-refractivity contribution in [2.45, 2.75) is 45.2 Å². The lowest BCUT2D eigenvalue weighted by atomic mass is 10.2. The molecular formula is C18H23N5O2. The van der Waals surface area contributed by atoms with Crippen molar-refractivity contribution in [3.8, 4) is 11.4 Å². The SMILES string of the molecule is CC(C)O[C@H]1CN(c2nc(-c3ccncc3)nc3c2CNC3)C[C@@H]1O. The van der Waals surface area contributed by atoms with Crippen LogP contribution in [0.1, 0.15) is 25.1 Å². The number of hydrogen-bond acceptors (Lipinski definition) is 7. The summed E-state index contributed by atoms with van der Waals surface area (Å²) >= 11 is 0. The summed E-state index contributed by atoms with van der Waals surface area (Å²) in [5.74, 6) is 1.60. The van der Waals surface area contributed by atoms with Gasteiger partial charge in [-0.1, -0.05) is 0 Å². The number of nitrogens with one attached hydrogen (secondary N) is 1. The smallest absolute Gasteiger partial charge is 0.161 e. The minimum Gasteiger partial charge on any atom is -0.388 e. The molecule has 2 aromatic heterocycles. The van der Waals surface area contributed by atoms with Crippen molar-refractivity contribution in [1.29, 1.82) is 0 Å². The second-order valence-electron chi connectivity index (χ2n) is 6.83. The highest BCUT2D eigenvalue weighted by Crippen LogP contribution is 2.31. The summed E-state index contributed by atoms with van der Waals surface area (Å²) in [6.07, 6.45) is 2.88. The Morgan fingerprint density at radius 1 is 1.20 bits per heavy atom. The maximum atomic E-state index is 10.4. The fourth-order valence-corrected chi connectivity index (χ4v) is 3.46. The summed E-state index contributed by atoms with van der Waals surface area (Å²) in [5.41, 5.74) is 3.09. The first-order valence-electron chi connectivity index (χ1n) is 8.71. The highest BCUT2D eigenvalue weighted by Gasteiger charge is 2.35. The standard InChI is InChI=1S/C18H23N5O2/c1-11(2)25-16-10-23(9-15(16)24)18-13-7-20-8-14(13)21-17(22-18)12-3-5-19-6-4-12/h3-6,11,15-16,20,24H,7-10H2,1-2H3/t15-,16-/m0/s1. The predicted molar refractivity (Wildman–Crippen MR) is 94.0 cm³/mol. The van der Waals surface area contributed by atoms with Crippen LogP contribution in [0.4, 0.5) is 5.82 Å². The lowest BCUT2D eigenvalue weighted by Gasteiger charge is -2.21. The van der Waals surface area contributed by atoms with Crippen LogP contribution < -0.4 is 10.2 Å². The minimum atomic E-state index is -0.508. The van der Waals surface area contributed by atoms with Gasteiger partial charge in [0.15, 0.2) is 5.82 Å². The molecule has 7 heteroatoms. The van der Waals surface area contributed by atoms with Gasteiger partial charge in [0, 0.05) is 49.7 Å². The number of anilines is 1. The first-order chi connectivity index (χ1) is 12.1. The number of rotatable bonds is 4. The van der Waals surface area contributed by atoms with Crippen LogP contribution in [0.15, 0.2) is 24.5 Å². The van der Waals surface area contributed by atoms with Crippen molar-refractivity contribution in [2.24, 2.45) is 0 Å². The molecule has 1 fully saturated rings. The number of aliphatic hydroxyl groups is 1. The van der Waals surface area contributed by atoms with Gasteiger partial charge in [-0.05, 0) is 26.0 Å². The molecule has 0 saturated carbocycles. The van der Waals surface area contributed by atoms with E-state index in [1.165, 1.54) is 0 Å². The lowest BCUT2D eigenvalue weighted by molar-refractivity contribution is -0.0386. The van der Waals surface area contributed by atoms with Crippen molar-refractivity contribution in [3.05, 3.63) is 35.8 Å². The summed E-state index contributed by atoms with van der Waals surface area (Å²) in [4.78, 5) is 15.7. The summed E-state index contributed by atoms with van der Waals surface area (Å²) in [5, 5.41) is 13.7. The van der Waals surface area contributed by atoms with Crippen molar-refractivity contribution in [2.75, 3.05) is 18.0 Å². The van der Waals surface area contributed by atoms with Crippen molar-refractivity contribution < 1.29 is 9.84 Å². The maximum Gasteiger partial charge on any atom is 0.161 e. The van der Waals surface area contributed by atoms with Crippen LogP contribution in [0.25, 0.3) is 11.4 Å². The maximum absolute atomic E-state index is 10.4. The summed E-state index contributed by atoms with van der Waals surface area (Å²) in [6, 6.07) is 3.83. The van der Waals surface area contributed by atoms with Gasteiger partial charge in [0.05, 0.1) is 17.9 Å². The minimum absolute atomic E-state index is 0.0877. The number of pyridine rings is 1. The number of aromatic nitrogens is 3. The Kier molecular flexibility index (Phi) is 4.37. The number of β-amino-alcohol motifs (C(OH)–C–C–N with tert-alkyl or cyclic N) is 1. The second-order valence-corrected chi connectivity index (χ2v) is 6.83. The molecule has 2 aliphatic rings. The Morgan fingerprint density at radius 3 is 2.76 bits per heavy atom. The highest BCUT2D eigenvalue weighted by atomic mass is 16.5. The van der Waals surface area contributed by atoms with Crippen LogP contribution in [-0.4, -0.2) is 51.5 Å². The average molecular weight is 341 g/mol. The number of hydrogen-bond donors (Lipinski definition) is 2. The molecule has 7 nitrogen and oxygen atoms in total. The fourth-order valence-electron chi connectivity index (χ4n) is 3.46. The number of fused-ring (bicyclic) bond motifs is 1. The molecule has 2 atom stereocenters. The highest BCUT2D eigenvalue weighted by molar-refractivity contribution is 5.61. The summed E-state index contributed by atoms with van der Waals surface area (Å²) in [6.45, 7) is 6.64. The molecule has 1 saturated heterocycles. The van der Waals surface area contributed by atoms with E-state index >= 15 is 0 Å². The molecule has 0 unspecified atom stereocenters. The first kappa shape index (κ1) is 16.4. The molecule has 2 N–H and O–H groups in total. The quantitative estimate of drug-likeness (QED) is 0.862. The van der Waals surface area contributed by atoms with Gasteiger partial charge in [-0.3, -0.25) is 4.98 Å². The number of nitrogens with zero attached hydrogens (tertiary/aromatic N) is 4. The van der Waals surface area contributed by atoms with E-state index in [0.717, 1.165) is 35.7 Å². The Bertz CT molecular complexity index is 753. The van der Waals surface area contributed by atoms with Crippen LogP contribution in [-0.2, 0) is 17.8 Å². The first-order valence-corrected chi connectivity index (χ1v) is 8.71. The van der Waals surface area contributed by atoms with Crippen molar-refractivity contribution in [3.63, 3.8) is 0 Å². The van der Waals surface area contributed by atoms with E-state index in [9.17, 15) is 5.11 Å². The molecule has 2 aromatic rings. The van der Waals surface area contributed by atoms with E-state index in [2.05, 4.69) is 15.2 Å².